The van der Waals surface area contributed by atoms with E-state index < -0.39 is 15.9 Å². The minimum Gasteiger partial charge on any atom is -0.345 e. The lowest BCUT2D eigenvalue weighted by atomic mass is 10.1. The summed E-state index contributed by atoms with van der Waals surface area (Å²) in [6.07, 6.45) is 12.3. The summed E-state index contributed by atoms with van der Waals surface area (Å²) in [6.45, 7) is 9.07. The maximum Gasteiger partial charge on any atom is 0.265 e. The van der Waals surface area contributed by atoms with Gasteiger partial charge in [-0.25, -0.2) is 0 Å². The van der Waals surface area contributed by atoms with Crippen LogP contribution in [0.1, 0.15) is 91.4 Å². The van der Waals surface area contributed by atoms with Crippen LogP contribution < -0.4 is 0 Å². The molecule has 0 aromatic heterocycles. The Labute approximate surface area is 180 Å². The molecule has 0 unspecified atom stereocenters. The Morgan fingerprint density at radius 3 is 1.66 bits per heavy atom. The van der Waals surface area contributed by atoms with Gasteiger partial charge in [0.25, 0.3) is 10.1 Å². The van der Waals surface area contributed by atoms with Crippen molar-refractivity contribution in [3.05, 3.63) is 0 Å². The highest BCUT2D eigenvalue weighted by molar-refractivity contribution is 7.85. The summed E-state index contributed by atoms with van der Waals surface area (Å²) >= 11 is 0. The van der Waals surface area contributed by atoms with Crippen LogP contribution in [-0.4, -0.2) is 69.4 Å². The first-order valence-corrected chi connectivity index (χ1v) is 13.2. The molecular formula is C22H48NO5S+. The molecule has 0 saturated heterocycles. The zero-order valence-corrected chi connectivity index (χ0v) is 20.6. The average Bonchev–Trinajstić information content (AvgIpc) is 2.59. The van der Waals surface area contributed by atoms with Crippen LogP contribution in [0.4, 0.5) is 0 Å². The molecule has 0 heterocycles. The minimum absolute atomic E-state index is 0.206. The van der Waals surface area contributed by atoms with Gasteiger partial charge in [0, 0.05) is 6.42 Å². The molecule has 0 spiro atoms. The highest BCUT2D eigenvalue weighted by Gasteiger charge is 2.35. The fourth-order valence-electron chi connectivity index (χ4n) is 3.65. The van der Waals surface area contributed by atoms with Crippen molar-refractivity contribution in [2.24, 2.45) is 0 Å². The van der Waals surface area contributed by atoms with Crippen LogP contribution >= 0.6 is 0 Å². The molecule has 0 radical (unpaired) electrons. The molecule has 176 valence electrons. The van der Waals surface area contributed by atoms with Crippen LogP contribution in [0, 0.1) is 0 Å². The van der Waals surface area contributed by atoms with Crippen LogP contribution in [0.3, 0.4) is 0 Å². The van der Waals surface area contributed by atoms with Gasteiger partial charge < -0.3 is 14.0 Å². The van der Waals surface area contributed by atoms with Crippen molar-refractivity contribution in [3.8, 4) is 0 Å². The molecule has 0 aromatic carbocycles. The molecule has 0 rings (SSSR count). The van der Waals surface area contributed by atoms with Gasteiger partial charge >= 0.3 is 0 Å². The minimum atomic E-state index is -3.91. The summed E-state index contributed by atoms with van der Waals surface area (Å²) in [5.41, 5.74) is 0. The van der Waals surface area contributed by atoms with Gasteiger partial charge in [-0.05, 0) is 19.8 Å². The summed E-state index contributed by atoms with van der Waals surface area (Å²) in [4.78, 5) is 0. The first-order valence-electron chi connectivity index (χ1n) is 11.6. The zero-order valence-electron chi connectivity index (χ0n) is 19.7. The van der Waals surface area contributed by atoms with Gasteiger partial charge in [-0.3, -0.25) is 4.55 Å². The van der Waals surface area contributed by atoms with Crippen LogP contribution in [0.5, 0.6) is 0 Å². The fraction of sp³-hybridized carbons (Fsp3) is 1.00. The van der Waals surface area contributed by atoms with Gasteiger partial charge in [0.15, 0.2) is 0 Å². The largest absolute Gasteiger partial charge is 0.345 e. The van der Waals surface area contributed by atoms with Gasteiger partial charge in [0.1, 0.15) is 6.54 Å². The van der Waals surface area contributed by atoms with Crippen LogP contribution in [0.2, 0.25) is 0 Å². The van der Waals surface area contributed by atoms with E-state index in [0.717, 1.165) is 12.8 Å². The number of nitrogens with zero attached hydrogens (tertiary/aromatic N) is 1. The Kier molecular flexibility index (Phi) is 15.5. The quantitative estimate of drug-likeness (QED) is 0.125. The smallest absolute Gasteiger partial charge is 0.265 e. The zero-order chi connectivity index (χ0) is 22.2. The van der Waals surface area contributed by atoms with Gasteiger partial charge in [0.2, 0.25) is 5.79 Å². The van der Waals surface area contributed by atoms with Gasteiger partial charge in [-0.15, -0.1) is 0 Å². The first-order chi connectivity index (χ1) is 13.5. The molecule has 0 bridgehead atoms. The summed E-state index contributed by atoms with van der Waals surface area (Å²) in [5.74, 6) is -0.890. The predicted molar refractivity (Wildman–Crippen MR) is 121 cm³/mol. The monoisotopic (exact) mass is 438 g/mol. The lowest BCUT2D eigenvalue weighted by Gasteiger charge is -2.39. The molecular weight excluding hydrogens is 390 g/mol. The van der Waals surface area contributed by atoms with Gasteiger partial charge in [-0.1, -0.05) is 65.2 Å². The molecule has 0 aromatic rings. The highest BCUT2D eigenvalue weighted by atomic mass is 32.2. The SMILES string of the molecule is CCCCCCCOC(C)(C[N+](C)(C)CCCS(=O)(=O)O)OCCCCCCC. The maximum atomic E-state index is 11.0. The van der Waals surface area contributed by atoms with Crippen molar-refractivity contribution in [1.29, 1.82) is 0 Å². The van der Waals surface area contributed by atoms with Crippen molar-refractivity contribution in [3.63, 3.8) is 0 Å². The third kappa shape index (κ3) is 18.3. The fourth-order valence-corrected chi connectivity index (χ4v) is 4.15. The molecule has 0 fully saturated rings. The third-order valence-corrected chi connectivity index (χ3v) is 6.00. The second-order valence-electron chi connectivity index (χ2n) is 9.12. The molecule has 29 heavy (non-hydrogen) atoms. The van der Waals surface area contributed by atoms with E-state index >= 15 is 0 Å². The van der Waals surface area contributed by atoms with E-state index in [0.29, 0.717) is 37.2 Å². The van der Waals surface area contributed by atoms with Crippen LogP contribution in [0.15, 0.2) is 0 Å². The molecule has 0 aliphatic carbocycles. The lowest BCUT2D eigenvalue weighted by molar-refractivity contribution is -0.900. The van der Waals surface area contributed by atoms with Crippen LogP contribution in [-0.2, 0) is 19.6 Å². The van der Waals surface area contributed by atoms with Crippen molar-refractivity contribution >= 4 is 10.1 Å². The molecule has 0 atom stereocenters. The van der Waals surface area contributed by atoms with Gasteiger partial charge in [0.05, 0.1) is 39.6 Å². The molecule has 6 nitrogen and oxygen atoms in total. The second-order valence-corrected chi connectivity index (χ2v) is 10.7. The molecule has 0 aliphatic rings. The van der Waals surface area contributed by atoms with E-state index in [1.165, 1.54) is 51.4 Å². The van der Waals surface area contributed by atoms with E-state index in [4.69, 9.17) is 14.0 Å². The Morgan fingerprint density at radius 1 is 0.793 bits per heavy atom. The van der Waals surface area contributed by atoms with E-state index in [-0.39, 0.29) is 5.75 Å². The first kappa shape index (κ1) is 28.8. The summed E-state index contributed by atoms with van der Waals surface area (Å²) < 4.78 is 44.0. The molecule has 0 saturated carbocycles. The predicted octanol–water partition coefficient (Wildman–Crippen LogP) is 5.03. The molecule has 1 N–H and O–H groups in total. The number of hydrogen-bond donors (Lipinski definition) is 1. The standard InChI is InChI=1S/C22H47NO5S/c1-6-8-10-12-14-18-27-22(3,28-19-15-13-11-9-7-2)21-23(4,5)17-16-20-29(24,25)26/h6-21H2,1-5H3/p+1. The number of likely N-dealkylation sites (N-methyl/N-ethyl adjacent to an activating group) is 1. The van der Waals surface area contributed by atoms with E-state index in [9.17, 15) is 8.42 Å². The average molecular weight is 439 g/mol. The summed E-state index contributed by atoms with van der Waals surface area (Å²) in [7, 11) is 0.193. The van der Waals surface area contributed by atoms with Crippen molar-refractivity contribution in [2.45, 2.75) is 97.2 Å². The Balaban J connectivity index is 4.60. The molecule has 0 amide bonds. The van der Waals surface area contributed by atoms with E-state index in [1.54, 1.807) is 0 Å². The van der Waals surface area contributed by atoms with E-state index in [2.05, 4.69) is 27.9 Å². The summed E-state index contributed by atoms with van der Waals surface area (Å²) in [5, 5.41) is 0. The Hall–Kier alpha value is -0.210. The number of quaternary nitrogens is 1. The Bertz CT molecular complexity index is 477. The van der Waals surface area contributed by atoms with Crippen LogP contribution in [0.25, 0.3) is 0 Å². The number of hydrogen-bond acceptors (Lipinski definition) is 4. The third-order valence-electron chi connectivity index (χ3n) is 5.19. The Morgan fingerprint density at radius 2 is 1.24 bits per heavy atom. The van der Waals surface area contributed by atoms with Crippen molar-refractivity contribution < 1.29 is 26.9 Å². The molecule has 0 aliphatic heterocycles. The second kappa shape index (κ2) is 15.6. The number of ether oxygens (including phenoxy) is 2. The highest BCUT2D eigenvalue weighted by Crippen LogP contribution is 2.20. The number of unbranched alkanes of at least 4 members (excludes halogenated alkanes) is 8. The maximum absolute atomic E-state index is 11.0. The van der Waals surface area contributed by atoms with E-state index in [1.807, 2.05) is 6.92 Å². The normalized spacial score (nSPS) is 13.2. The van der Waals surface area contributed by atoms with Crippen molar-refractivity contribution in [1.82, 2.24) is 0 Å². The topological polar surface area (TPSA) is 72.8 Å². The lowest BCUT2D eigenvalue weighted by Crippen LogP contribution is -2.53. The van der Waals surface area contributed by atoms with Gasteiger partial charge in [-0.2, -0.15) is 8.42 Å². The molecule has 7 heteroatoms. The summed E-state index contributed by atoms with van der Waals surface area (Å²) in [6, 6.07) is 0. The van der Waals surface area contributed by atoms with Crippen molar-refractivity contribution in [2.75, 3.05) is 46.2 Å². The number of rotatable bonds is 20.